The summed E-state index contributed by atoms with van der Waals surface area (Å²) in [5.74, 6) is 0.0535. The number of pyridine rings is 1. The number of carbonyl (C=O) groups excluding carboxylic acids is 1. The van der Waals surface area contributed by atoms with Crippen LogP contribution in [0.1, 0.15) is 51.6 Å². The number of carboxylic acid groups (broad SMARTS) is 1. The molecule has 2 aromatic carbocycles. The third-order valence-corrected chi connectivity index (χ3v) is 7.64. The lowest BCUT2D eigenvalue weighted by molar-refractivity contribution is 0.0686. The minimum atomic E-state index is -1.03. The summed E-state index contributed by atoms with van der Waals surface area (Å²) in [6.07, 6.45) is 6.14. The lowest BCUT2D eigenvalue weighted by Gasteiger charge is -2.24. The van der Waals surface area contributed by atoms with E-state index in [1.807, 2.05) is 24.2 Å². The number of aromatic nitrogens is 2. The van der Waals surface area contributed by atoms with Gasteiger partial charge in [-0.15, -0.1) is 0 Å². The number of aryl methyl sites for hydroxylation is 1. The first kappa shape index (κ1) is 22.3. The molecule has 0 radical (unpaired) electrons. The van der Waals surface area contributed by atoms with Crippen LogP contribution < -0.4 is 4.74 Å². The van der Waals surface area contributed by atoms with E-state index in [1.165, 1.54) is 20.0 Å². The summed E-state index contributed by atoms with van der Waals surface area (Å²) in [6, 6.07) is 11.6. The van der Waals surface area contributed by atoms with Crippen molar-refractivity contribution in [2.75, 3.05) is 7.11 Å². The van der Waals surface area contributed by atoms with Gasteiger partial charge in [0, 0.05) is 47.1 Å². The average Bonchev–Trinajstić information content (AvgIpc) is 3.55. The van der Waals surface area contributed by atoms with Crippen LogP contribution in [0.15, 0.2) is 48.8 Å². The first-order chi connectivity index (χ1) is 17.4. The summed E-state index contributed by atoms with van der Waals surface area (Å²) >= 11 is 0. The molecular formula is C29H27N3O4. The number of hydrogen-bond donors (Lipinski definition) is 2. The normalized spacial score (nSPS) is 15.9. The van der Waals surface area contributed by atoms with Crippen molar-refractivity contribution in [2.45, 2.75) is 39.3 Å². The minimum Gasteiger partial charge on any atom is -0.496 e. The number of fused-ring (bicyclic) bond motifs is 2. The number of benzene rings is 2. The largest absolute Gasteiger partial charge is 0.496 e. The van der Waals surface area contributed by atoms with Gasteiger partial charge in [-0.2, -0.15) is 0 Å². The van der Waals surface area contributed by atoms with Crippen molar-refractivity contribution in [1.29, 1.82) is 0 Å². The van der Waals surface area contributed by atoms with E-state index in [-0.39, 0.29) is 17.5 Å². The zero-order chi connectivity index (χ0) is 25.1. The standard InChI is InChI=1S/C29H27N3O4/c1-15-8-19(9-21-14-32(28(33)26(15)21)16(2)17-4-5-17)20-10-23-24(13-31-27(23)30-12-20)18-6-7-22(29(34)35)25(11-18)36-3/h6-13,16-17H,4-5,14H2,1-3H3,(H,30,31)(H,34,35)/t16-/m0/s1. The summed E-state index contributed by atoms with van der Waals surface area (Å²) in [5, 5.41) is 10.3. The Morgan fingerprint density at radius 2 is 1.97 bits per heavy atom. The van der Waals surface area contributed by atoms with Crippen LogP contribution in [0.4, 0.5) is 0 Å². The van der Waals surface area contributed by atoms with Crippen molar-refractivity contribution < 1.29 is 19.4 Å². The Kier molecular flexibility index (Phi) is 5.10. The maximum Gasteiger partial charge on any atom is 0.339 e. The first-order valence-corrected chi connectivity index (χ1v) is 12.2. The fourth-order valence-electron chi connectivity index (χ4n) is 5.45. The number of hydrogen-bond acceptors (Lipinski definition) is 4. The number of ether oxygens (including phenoxy) is 1. The van der Waals surface area contributed by atoms with Gasteiger partial charge in [0.15, 0.2) is 0 Å². The number of methoxy groups -OCH3 is 1. The summed E-state index contributed by atoms with van der Waals surface area (Å²) < 4.78 is 5.32. The number of carboxylic acids is 1. The Labute approximate surface area is 208 Å². The molecule has 36 heavy (non-hydrogen) atoms. The van der Waals surface area contributed by atoms with Gasteiger partial charge in [0.05, 0.1) is 7.11 Å². The second-order valence-electron chi connectivity index (χ2n) is 9.88. The summed E-state index contributed by atoms with van der Waals surface area (Å²) in [4.78, 5) is 34.5. The zero-order valence-corrected chi connectivity index (χ0v) is 20.5. The number of carbonyl (C=O) groups is 2. The maximum atomic E-state index is 13.2. The van der Waals surface area contributed by atoms with Crippen LogP contribution in [0.25, 0.3) is 33.3 Å². The molecule has 3 heterocycles. The lowest BCUT2D eigenvalue weighted by atomic mass is 9.96. The SMILES string of the molecule is COc1cc(-c2c[nH]c3ncc(-c4cc(C)c5c(c4)CN([C@@H](C)C4CC4)C5=O)cc23)ccc1C(=O)O. The van der Waals surface area contributed by atoms with Crippen molar-refractivity contribution in [3.05, 3.63) is 71.0 Å². The monoisotopic (exact) mass is 481 g/mol. The Bertz CT molecular complexity index is 1550. The smallest absolute Gasteiger partial charge is 0.339 e. The van der Waals surface area contributed by atoms with Crippen LogP contribution in [-0.2, 0) is 6.54 Å². The third kappa shape index (κ3) is 3.54. The summed E-state index contributed by atoms with van der Waals surface area (Å²) in [6.45, 7) is 4.83. The number of aromatic carboxylic acids is 1. The van der Waals surface area contributed by atoms with Gasteiger partial charge >= 0.3 is 5.97 Å². The highest BCUT2D eigenvalue weighted by molar-refractivity contribution is 6.01. The van der Waals surface area contributed by atoms with Gasteiger partial charge in [-0.1, -0.05) is 12.1 Å². The molecule has 7 nitrogen and oxygen atoms in total. The first-order valence-electron chi connectivity index (χ1n) is 12.2. The molecule has 1 amide bonds. The molecule has 2 aliphatic rings. The van der Waals surface area contributed by atoms with Gasteiger partial charge in [-0.05, 0) is 79.1 Å². The van der Waals surface area contributed by atoms with E-state index < -0.39 is 5.97 Å². The van der Waals surface area contributed by atoms with Gasteiger partial charge in [0.25, 0.3) is 5.91 Å². The third-order valence-electron chi connectivity index (χ3n) is 7.64. The molecule has 2 aromatic heterocycles. The van der Waals surface area contributed by atoms with E-state index in [0.717, 1.165) is 50.0 Å². The molecule has 2 N–H and O–H groups in total. The Hall–Kier alpha value is -4.13. The van der Waals surface area contributed by atoms with E-state index in [1.54, 1.807) is 18.2 Å². The van der Waals surface area contributed by atoms with E-state index in [2.05, 4.69) is 35.1 Å². The maximum absolute atomic E-state index is 13.2. The quantitative estimate of drug-likeness (QED) is 0.370. The van der Waals surface area contributed by atoms with Crippen LogP contribution in [0, 0.1) is 12.8 Å². The van der Waals surface area contributed by atoms with Gasteiger partial charge in [0.1, 0.15) is 17.0 Å². The predicted molar refractivity (Wildman–Crippen MR) is 137 cm³/mol. The molecule has 1 aliphatic heterocycles. The number of nitrogens with one attached hydrogen (secondary N) is 1. The van der Waals surface area contributed by atoms with Crippen LogP contribution >= 0.6 is 0 Å². The molecule has 1 fully saturated rings. The van der Waals surface area contributed by atoms with Crippen molar-refractivity contribution in [3.63, 3.8) is 0 Å². The zero-order valence-electron chi connectivity index (χ0n) is 20.5. The minimum absolute atomic E-state index is 0.119. The van der Waals surface area contributed by atoms with E-state index in [9.17, 15) is 14.7 Å². The Morgan fingerprint density at radius 1 is 1.17 bits per heavy atom. The fourth-order valence-corrected chi connectivity index (χ4v) is 5.45. The molecule has 0 spiro atoms. The highest BCUT2D eigenvalue weighted by Gasteiger charge is 2.39. The van der Waals surface area contributed by atoms with Crippen LogP contribution in [0.2, 0.25) is 0 Å². The molecular weight excluding hydrogens is 454 g/mol. The van der Waals surface area contributed by atoms with Crippen LogP contribution in [-0.4, -0.2) is 45.0 Å². The topological polar surface area (TPSA) is 95.5 Å². The van der Waals surface area contributed by atoms with E-state index >= 15 is 0 Å². The average molecular weight is 482 g/mol. The fraction of sp³-hybridized carbons (Fsp3) is 0.276. The second kappa shape index (κ2) is 8.22. The van der Waals surface area contributed by atoms with Crippen LogP contribution in [0.5, 0.6) is 5.75 Å². The second-order valence-corrected chi connectivity index (χ2v) is 9.88. The predicted octanol–water partition coefficient (Wildman–Crippen LogP) is 5.67. The molecule has 0 bridgehead atoms. The van der Waals surface area contributed by atoms with Gasteiger partial charge in [-0.3, -0.25) is 4.79 Å². The number of nitrogens with zero attached hydrogens (tertiary/aromatic N) is 2. The number of rotatable bonds is 6. The summed E-state index contributed by atoms with van der Waals surface area (Å²) in [7, 11) is 1.47. The molecule has 1 aliphatic carbocycles. The van der Waals surface area contributed by atoms with Gasteiger partial charge in [0.2, 0.25) is 0 Å². The molecule has 4 aromatic rings. The number of aromatic amines is 1. The summed E-state index contributed by atoms with van der Waals surface area (Å²) in [5.41, 5.74) is 7.50. The highest BCUT2D eigenvalue weighted by Crippen LogP contribution is 2.40. The molecule has 0 saturated heterocycles. The highest BCUT2D eigenvalue weighted by atomic mass is 16.5. The Morgan fingerprint density at radius 3 is 2.69 bits per heavy atom. The van der Waals surface area contributed by atoms with Crippen molar-refractivity contribution in [1.82, 2.24) is 14.9 Å². The molecule has 1 saturated carbocycles. The van der Waals surface area contributed by atoms with Crippen molar-refractivity contribution in [2.24, 2.45) is 5.92 Å². The molecule has 6 rings (SSSR count). The molecule has 0 unspecified atom stereocenters. The molecule has 182 valence electrons. The molecule has 7 heteroatoms. The van der Waals surface area contributed by atoms with Crippen molar-refractivity contribution >= 4 is 22.9 Å². The lowest BCUT2D eigenvalue weighted by Crippen LogP contribution is -2.34. The van der Waals surface area contributed by atoms with E-state index in [4.69, 9.17) is 4.74 Å². The number of amides is 1. The Balaban J connectivity index is 1.39. The van der Waals surface area contributed by atoms with Crippen molar-refractivity contribution in [3.8, 4) is 28.0 Å². The van der Waals surface area contributed by atoms with Crippen LogP contribution in [0.3, 0.4) is 0 Å². The van der Waals surface area contributed by atoms with Gasteiger partial charge in [-0.25, -0.2) is 9.78 Å². The van der Waals surface area contributed by atoms with E-state index in [0.29, 0.717) is 18.2 Å². The number of H-pyrrole nitrogens is 1. The van der Waals surface area contributed by atoms with Gasteiger partial charge < -0.3 is 19.7 Å². The molecule has 1 atom stereocenters.